The number of anilines is 1. The van der Waals surface area contributed by atoms with Crippen molar-refractivity contribution in [2.24, 2.45) is 0 Å². The highest BCUT2D eigenvalue weighted by Gasteiger charge is 2.37. The molecule has 0 radical (unpaired) electrons. The Morgan fingerprint density at radius 2 is 1.14 bits per heavy atom. The van der Waals surface area contributed by atoms with Gasteiger partial charge in [0.05, 0.1) is 0 Å². The van der Waals surface area contributed by atoms with Gasteiger partial charge in [0.2, 0.25) is 0 Å². The third-order valence-electron chi connectivity index (χ3n) is 5.94. The zero-order valence-electron chi connectivity index (χ0n) is 20.0. The molecule has 0 spiro atoms. The molecule has 4 heteroatoms. The second-order valence-corrected chi connectivity index (χ2v) is 8.48. The maximum atomic E-state index is 12.2. The number of benzene rings is 4. The minimum atomic E-state index is -0.738. The predicted molar refractivity (Wildman–Crippen MR) is 140 cm³/mol. The van der Waals surface area contributed by atoms with Crippen LogP contribution in [0.3, 0.4) is 0 Å². The molecule has 1 atom stereocenters. The topological polar surface area (TPSA) is 47.6 Å². The molecule has 35 heavy (non-hydrogen) atoms. The van der Waals surface area contributed by atoms with Crippen molar-refractivity contribution in [1.82, 2.24) is 0 Å². The Hall–Kier alpha value is -3.89. The van der Waals surface area contributed by atoms with Gasteiger partial charge >= 0.3 is 6.09 Å². The van der Waals surface area contributed by atoms with Crippen LogP contribution < -0.4 is 5.32 Å². The number of ether oxygens (including phenoxy) is 2. The lowest BCUT2D eigenvalue weighted by Gasteiger charge is -2.36. The molecule has 4 aromatic rings. The summed E-state index contributed by atoms with van der Waals surface area (Å²) >= 11 is 0. The van der Waals surface area contributed by atoms with Crippen molar-refractivity contribution in [3.8, 4) is 0 Å². The monoisotopic (exact) mass is 465 g/mol. The molecule has 0 saturated carbocycles. The molecular formula is C31H31NO3. The molecule has 1 amide bonds. The summed E-state index contributed by atoms with van der Waals surface area (Å²) in [7, 11) is 0. The zero-order chi connectivity index (χ0) is 24.3. The molecule has 4 nitrogen and oxygen atoms in total. The van der Waals surface area contributed by atoms with Gasteiger partial charge in [-0.1, -0.05) is 109 Å². The SMILES string of the molecule is CC(CCCOC(c1ccccc1)(c1ccccc1)c1ccccc1)OC(=O)Nc1ccccc1. The van der Waals surface area contributed by atoms with Crippen LogP contribution in [0, 0.1) is 0 Å². The standard InChI is InChI=1S/C31H31NO3/c1-25(35-30(33)32-29-22-12-5-13-23-29)15-14-24-34-31(26-16-6-2-7-17-26,27-18-8-3-9-19-27)28-20-10-4-11-21-28/h2-13,16-23,25H,14-15,24H2,1H3,(H,32,33). The number of para-hydroxylation sites is 1. The van der Waals surface area contributed by atoms with Crippen LogP contribution in [-0.4, -0.2) is 18.8 Å². The van der Waals surface area contributed by atoms with E-state index in [-0.39, 0.29) is 6.10 Å². The van der Waals surface area contributed by atoms with E-state index < -0.39 is 11.7 Å². The minimum absolute atomic E-state index is 0.234. The number of carbonyl (C=O) groups is 1. The first-order chi connectivity index (χ1) is 17.2. The van der Waals surface area contributed by atoms with Crippen LogP contribution in [0.15, 0.2) is 121 Å². The first kappa shape index (κ1) is 24.2. The summed E-state index contributed by atoms with van der Waals surface area (Å²) in [6.07, 6.45) is 0.753. The molecule has 1 N–H and O–H groups in total. The Morgan fingerprint density at radius 3 is 1.60 bits per heavy atom. The Labute approximate surface area is 207 Å². The van der Waals surface area contributed by atoms with Gasteiger partial charge in [0.25, 0.3) is 0 Å². The average molecular weight is 466 g/mol. The van der Waals surface area contributed by atoms with Crippen LogP contribution in [0.25, 0.3) is 0 Å². The Morgan fingerprint density at radius 1 is 0.714 bits per heavy atom. The lowest BCUT2D eigenvalue weighted by atomic mass is 9.80. The van der Waals surface area contributed by atoms with E-state index in [1.807, 2.05) is 91.9 Å². The van der Waals surface area contributed by atoms with Gasteiger partial charge in [-0.2, -0.15) is 0 Å². The van der Waals surface area contributed by atoms with E-state index >= 15 is 0 Å². The number of nitrogens with one attached hydrogen (secondary N) is 1. The highest BCUT2D eigenvalue weighted by Crippen LogP contribution is 2.40. The van der Waals surface area contributed by atoms with E-state index in [0.29, 0.717) is 18.7 Å². The highest BCUT2D eigenvalue weighted by molar-refractivity contribution is 5.84. The van der Waals surface area contributed by atoms with Gasteiger partial charge in [-0.3, -0.25) is 5.32 Å². The second kappa shape index (κ2) is 12.0. The van der Waals surface area contributed by atoms with Crippen molar-refractivity contribution in [1.29, 1.82) is 0 Å². The van der Waals surface area contributed by atoms with Crippen molar-refractivity contribution in [3.63, 3.8) is 0 Å². The third kappa shape index (κ3) is 6.17. The smallest absolute Gasteiger partial charge is 0.411 e. The van der Waals surface area contributed by atoms with Gasteiger partial charge in [-0.25, -0.2) is 4.79 Å². The highest BCUT2D eigenvalue weighted by atomic mass is 16.6. The van der Waals surface area contributed by atoms with E-state index in [4.69, 9.17) is 9.47 Å². The molecule has 0 heterocycles. The number of amides is 1. The van der Waals surface area contributed by atoms with Crippen LogP contribution in [0.4, 0.5) is 10.5 Å². The predicted octanol–water partition coefficient (Wildman–Crippen LogP) is 7.41. The minimum Gasteiger partial charge on any atom is -0.446 e. The van der Waals surface area contributed by atoms with E-state index in [1.54, 1.807) is 0 Å². The van der Waals surface area contributed by atoms with Crippen molar-refractivity contribution in [2.75, 3.05) is 11.9 Å². The molecule has 0 saturated heterocycles. The van der Waals surface area contributed by atoms with Crippen molar-refractivity contribution < 1.29 is 14.3 Å². The normalized spacial score (nSPS) is 12.0. The van der Waals surface area contributed by atoms with E-state index in [2.05, 4.69) is 41.7 Å². The van der Waals surface area contributed by atoms with E-state index in [0.717, 1.165) is 23.1 Å². The van der Waals surface area contributed by atoms with Gasteiger partial charge in [-0.15, -0.1) is 0 Å². The first-order valence-electron chi connectivity index (χ1n) is 12.0. The number of rotatable bonds is 10. The van der Waals surface area contributed by atoms with Gasteiger partial charge in [0, 0.05) is 12.3 Å². The summed E-state index contributed by atoms with van der Waals surface area (Å²) in [6, 6.07) is 40.3. The quantitative estimate of drug-likeness (QED) is 0.196. The molecule has 4 rings (SSSR count). The van der Waals surface area contributed by atoms with Gasteiger partial charge in [0.1, 0.15) is 11.7 Å². The molecule has 0 fully saturated rings. The molecule has 4 aromatic carbocycles. The fourth-order valence-electron chi connectivity index (χ4n) is 4.28. The van der Waals surface area contributed by atoms with E-state index in [1.165, 1.54) is 0 Å². The summed E-state index contributed by atoms with van der Waals surface area (Å²) in [5.41, 5.74) is 3.20. The maximum Gasteiger partial charge on any atom is 0.411 e. The van der Waals surface area contributed by atoms with E-state index in [9.17, 15) is 4.79 Å². The largest absolute Gasteiger partial charge is 0.446 e. The average Bonchev–Trinajstić information content (AvgIpc) is 2.91. The number of hydrogen-bond acceptors (Lipinski definition) is 3. The molecular weight excluding hydrogens is 434 g/mol. The Bertz CT molecular complexity index is 1070. The molecule has 0 aliphatic rings. The van der Waals surface area contributed by atoms with Crippen molar-refractivity contribution in [3.05, 3.63) is 138 Å². The number of carbonyl (C=O) groups excluding carboxylic acids is 1. The zero-order valence-corrected chi connectivity index (χ0v) is 20.0. The molecule has 0 bridgehead atoms. The number of hydrogen-bond donors (Lipinski definition) is 1. The van der Waals surface area contributed by atoms with Crippen LogP contribution >= 0.6 is 0 Å². The Kier molecular flexibility index (Phi) is 8.31. The summed E-state index contributed by atoms with van der Waals surface area (Å²) in [5, 5.41) is 2.76. The molecule has 178 valence electrons. The molecule has 0 aliphatic heterocycles. The van der Waals surface area contributed by atoms with Crippen LogP contribution in [0.2, 0.25) is 0 Å². The summed E-state index contributed by atoms with van der Waals surface area (Å²) in [5.74, 6) is 0. The lowest BCUT2D eigenvalue weighted by Crippen LogP contribution is -2.33. The third-order valence-corrected chi connectivity index (χ3v) is 5.94. The summed E-state index contributed by atoms with van der Waals surface area (Å²) in [4.78, 5) is 12.2. The fraction of sp³-hybridized carbons (Fsp3) is 0.194. The van der Waals surface area contributed by atoms with Crippen LogP contribution in [0.1, 0.15) is 36.5 Å². The van der Waals surface area contributed by atoms with Gasteiger partial charge < -0.3 is 9.47 Å². The maximum absolute atomic E-state index is 12.2. The lowest BCUT2D eigenvalue weighted by molar-refractivity contribution is 0.00602. The second-order valence-electron chi connectivity index (χ2n) is 8.48. The fourth-order valence-corrected chi connectivity index (χ4v) is 4.28. The molecule has 0 aliphatic carbocycles. The molecule has 0 aromatic heterocycles. The van der Waals surface area contributed by atoms with Crippen molar-refractivity contribution in [2.45, 2.75) is 31.5 Å². The summed E-state index contributed by atoms with van der Waals surface area (Å²) < 4.78 is 12.3. The Balaban J connectivity index is 1.46. The van der Waals surface area contributed by atoms with Gasteiger partial charge in [-0.05, 0) is 48.6 Å². The summed E-state index contributed by atoms with van der Waals surface area (Å²) in [6.45, 7) is 2.41. The van der Waals surface area contributed by atoms with Crippen molar-refractivity contribution >= 4 is 11.8 Å². The first-order valence-corrected chi connectivity index (χ1v) is 12.0. The van der Waals surface area contributed by atoms with Gasteiger partial charge in [0.15, 0.2) is 0 Å². The van der Waals surface area contributed by atoms with Crippen LogP contribution in [-0.2, 0) is 15.1 Å². The molecule has 1 unspecified atom stereocenters. The van der Waals surface area contributed by atoms with Crippen LogP contribution in [0.5, 0.6) is 0 Å².